The van der Waals surface area contributed by atoms with Crippen LogP contribution in [0.4, 0.5) is 26.8 Å². The first kappa shape index (κ1) is 61.1. The van der Waals surface area contributed by atoms with Crippen LogP contribution in [0.3, 0.4) is 0 Å². The second-order valence-electron chi connectivity index (χ2n) is 24.3. The summed E-state index contributed by atoms with van der Waals surface area (Å²) in [6.45, 7) is 24.0. The number of aromatic amines is 1. The minimum absolute atomic E-state index is 0.0418. The number of H-pyrrole nitrogens is 1. The van der Waals surface area contributed by atoms with E-state index in [1.807, 2.05) is 46.4 Å². The van der Waals surface area contributed by atoms with Crippen LogP contribution in [-0.2, 0) is 24.1 Å². The van der Waals surface area contributed by atoms with Gasteiger partial charge in [0.2, 0.25) is 17.6 Å². The largest absolute Gasteiger partial charge is 0.491 e. The summed E-state index contributed by atoms with van der Waals surface area (Å²) in [5, 5.41) is 13.4. The number of sulfone groups is 1. The Bertz CT molecular complexity index is 3460. The highest BCUT2D eigenvalue weighted by molar-refractivity contribution is 7.92. The summed E-state index contributed by atoms with van der Waals surface area (Å²) in [6, 6.07) is 7.97. The molecule has 10 rings (SSSR count). The zero-order valence-corrected chi connectivity index (χ0v) is 51.5. The molecule has 4 aliphatic heterocycles. The van der Waals surface area contributed by atoms with Gasteiger partial charge in [-0.1, -0.05) is 0 Å². The number of halogens is 1. The first-order chi connectivity index (χ1) is 40.5. The van der Waals surface area contributed by atoms with Crippen LogP contribution in [-0.4, -0.2) is 213 Å². The monoisotopic (exact) mass is 1210 g/mol. The molecule has 4 aromatic heterocycles. The molecule has 4 aliphatic rings. The molecular formula is C59H77FN14O9S2. The van der Waals surface area contributed by atoms with Crippen molar-refractivity contribution >= 4 is 67.4 Å². The summed E-state index contributed by atoms with van der Waals surface area (Å²) >= 11 is 1.35. The molecule has 0 spiro atoms. The van der Waals surface area contributed by atoms with Gasteiger partial charge in [0, 0.05) is 112 Å². The maximum absolute atomic E-state index is 14.4. The Kier molecular flexibility index (Phi) is 18.4. The number of ketones is 1. The molecule has 8 heterocycles. The van der Waals surface area contributed by atoms with Crippen molar-refractivity contribution in [2.45, 2.75) is 115 Å². The summed E-state index contributed by atoms with van der Waals surface area (Å²) in [6.07, 6.45) is 5.64. The number of benzene rings is 2. The van der Waals surface area contributed by atoms with E-state index in [9.17, 15) is 27.2 Å². The fourth-order valence-electron chi connectivity index (χ4n) is 11.0. The Balaban J connectivity index is 0.717. The van der Waals surface area contributed by atoms with E-state index in [-0.39, 0.29) is 72.0 Å². The van der Waals surface area contributed by atoms with Crippen LogP contribution in [0.1, 0.15) is 99.7 Å². The van der Waals surface area contributed by atoms with E-state index in [0.717, 1.165) is 24.1 Å². The van der Waals surface area contributed by atoms with Gasteiger partial charge >= 0.3 is 6.09 Å². The highest BCUT2D eigenvalue weighted by Gasteiger charge is 2.41. The average molecular weight is 1210 g/mol. The lowest BCUT2D eigenvalue weighted by molar-refractivity contribution is -0.135. The van der Waals surface area contributed by atoms with Crippen molar-refractivity contribution in [2.24, 2.45) is 0 Å². The van der Waals surface area contributed by atoms with Gasteiger partial charge in [-0.15, -0.1) is 11.3 Å². The molecule has 23 nitrogen and oxygen atoms in total. The van der Waals surface area contributed by atoms with E-state index in [2.05, 4.69) is 55.0 Å². The SMILES string of the molecule is Cc1n[nH]c(Nc2ncnc3cc(OCCN4CCN(c5ncc(OC[C@H]6CN(C[C@H]7CN(C(=O)OC(C)(C)C)[C@H](C)CN7CC(=O)N7CCC[C@H]7c7nc(C(=O)c8ccc(F)cc8)cs7)CCO6)cn5)CC4)c(S(=O)(=O)C(C)(C)C)cc23)c1C. The van der Waals surface area contributed by atoms with Gasteiger partial charge in [0.15, 0.2) is 15.6 Å². The van der Waals surface area contributed by atoms with E-state index in [1.165, 1.54) is 41.9 Å². The summed E-state index contributed by atoms with van der Waals surface area (Å²) in [5.41, 5.74) is 2.22. The van der Waals surface area contributed by atoms with Crippen LogP contribution >= 0.6 is 11.3 Å². The lowest BCUT2D eigenvalue weighted by Crippen LogP contribution is -2.64. The second-order valence-corrected chi connectivity index (χ2v) is 27.8. The molecule has 0 saturated carbocycles. The van der Waals surface area contributed by atoms with Crippen LogP contribution in [0, 0.1) is 19.7 Å². The third-order valence-electron chi connectivity index (χ3n) is 16.0. The summed E-state index contributed by atoms with van der Waals surface area (Å²) in [4.78, 5) is 76.8. The van der Waals surface area contributed by atoms with Crippen LogP contribution < -0.4 is 19.7 Å². The van der Waals surface area contributed by atoms with E-state index in [0.29, 0.717) is 123 Å². The first-order valence-electron chi connectivity index (χ1n) is 29.0. The van der Waals surface area contributed by atoms with Gasteiger partial charge < -0.3 is 39.0 Å². The molecule has 85 heavy (non-hydrogen) atoms. The van der Waals surface area contributed by atoms with Gasteiger partial charge in [0.1, 0.15) is 70.0 Å². The summed E-state index contributed by atoms with van der Waals surface area (Å²) < 4.78 is 65.2. The number of ether oxygens (including phenoxy) is 4. The van der Waals surface area contributed by atoms with Crippen molar-refractivity contribution < 1.29 is 46.1 Å². The highest BCUT2D eigenvalue weighted by Crippen LogP contribution is 2.38. The number of carbonyl (C=O) groups excluding carboxylic acids is 3. The number of piperazine rings is 2. The molecule has 6 aromatic rings. The van der Waals surface area contributed by atoms with Crippen LogP contribution in [0.15, 0.2) is 65.4 Å². The quantitative estimate of drug-likeness (QED) is 0.0835. The number of aromatic nitrogens is 7. The second kappa shape index (κ2) is 25.5. The van der Waals surface area contributed by atoms with E-state index in [4.69, 9.17) is 23.9 Å². The van der Waals surface area contributed by atoms with Crippen LogP contribution in [0.2, 0.25) is 0 Å². The smallest absolute Gasteiger partial charge is 0.410 e. The lowest BCUT2D eigenvalue weighted by atomic mass is 10.1. The van der Waals surface area contributed by atoms with Crippen LogP contribution in [0.5, 0.6) is 11.5 Å². The first-order valence-corrected chi connectivity index (χ1v) is 31.3. The maximum atomic E-state index is 14.4. The number of hydrogen-bond donors (Lipinski definition) is 2. The third kappa shape index (κ3) is 14.3. The topological polar surface area (TPSA) is 247 Å². The fraction of sp³-hybridized carbons (Fsp3) is 0.542. The molecule has 2 aromatic carbocycles. The minimum Gasteiger partial charge on any atom is -0.491 e. The molecule has 26 heteroatoms. The number of likely N-dealkylation sites (tertiary alicyclic amines) is 1. The van der Waals surface area contributed by atoms with Gasteiger partial charge in [0.05, 0.1) is 47.5 Å². The summed E-state index contributed by atoms with van der Waals surface area (Å²) in [5.74, 6) is 1.67. The van der Waals surface area contributed by atoms with Gasteiger partial charge in [0.25, 0.3) is 0 Å². The molecular weight excluding hydrogens is 1130 g/mol. The number of nitrogens with zero attached hydrogens (tertiary/aromatic N) is 12. The van der Waals surface area contributed by atoms with Crippen molar-refractivity contribution in [3.8, 4) is 11.5 Å². The average Bonchev–Trinajstić information content (AvgIpc) is 3.15. The van der Waals surface area contributed by atoms with E-state index in [1.54, 1.807) is 55.6 Å². The fourth-order valence-corrected chi connectivity index (χ4v) is 13.3. The molecule has 0 radical (unpaired) electrons. The predicted octanol–water partition coefficient (Wildman–Crippen LogP) is 6.86. The van der Waals surface area contributed by atoms with Crippen molar-refractivity contribution in [3.05, 3.63) is 93.8 Å². The Hall–Kier alpha value is -6.97. The molecule has 456 valence electrons. The number of morpholine rings is 1. The number of thiazole rings is 1. The number of anilines is 3. The molecule has 0 unspecified atom stereocenters. The molecule has 0 bridgehead atoms. The van der Waals surface area contributed by atoms with Gasteiger partial charge in [-0.3, -0.25) is 29.4 Å². The third-order valence-corrected chi connectivity index (χ3v) is 19.5. The molecule has 0 aliphatic carbocycles. The van der Waals surface area contributed by atoms with Gasteiger partial charge in [-0.2, -0.15) is 5.10 Å². The number of rotatable bonds is 18. The molecule has 2 amide bonds. The standard InChI is InChI=1S/C59H77FN14O9S2/c1-37-29-72(33-51(75)73-16-10-11-48(73)55-65-47(35-84-55)52(76)40-12-14-41(60)15-13-40)42(31-74(37)57(77)83-58(4,5)6)30-70-22-23-80-44(32-70)34-82-43-27-61-56(62-28-43)71-19-17-69(18-20-71)21-24-81-49-26-46-45(25-50(49)85(78,79)59(7,8)9)54(64-36-63-46)66-53-38(2)39(3)67-68-53/h12-15,25-28,35-37,42,44,48H,10-11,16-24,29-34H2,1-9H3,(H2,63,64,66,67,68)/t37-,42+,44-,48+/m1/s1. The van der Waals surface area contributed by atoms with Gasteiger partial charge in [-0.05, 0) is 105 Å². The van der Waals surface area contributed by atoms with E-state index >= 15 is 0 Å². The maximum Gasteiger partial charge on any atom is 0.410 e. The Morgan fingerprint density at radius 1 is 0.894 bits per heavy atom. The number of hydrogen-bond acceptors (Lipinski definition) is 21. The highest BCUT2D eigenvalue weighted by atomic mass is 32.2. The number of carbonyl (C=O) groups is 3. The Labute approximate surface area is 499 Å². The molecule has 4 fully saturated rings. The zero-order chi connectivity index (χ0) is 60.4. The Morgan fingerprint density at radius 2 is 1.65 bits per heavy atom. The normalized spacial score (nSPS) is 20.5. The molecule has 4 saturated heterocycles. The van der Waals surface area contributed by atoms with Crippen molar-refractivity contribution in [1.29, 1.82) is 0 Å². The lowest BCUT2D eigenvalue weighted by Gasteiger charge is -2.47. The molecule has 2 N–H and O–H groups in total. The zero-order valence-electron chi connectivity index (χ0n) is 49.8. The summed E-state index contributed by atoms with van der Waals surface area (Å²) in [7, 11) is -3.85. The van der Waals surface area contributed by atoms with Crippen molar-refractivity contribution in [2.75, 3.05) is 109 Å². The van der Waals surface area contributed by atoms with Crippen LogP contribution in [0.25, 0.3) is 10.9 Å². The van der Waals surface area contributed by atoms with Crippen molar-refractivity contribution in [3.63, 3.8) is 0 Å². The number of nitrogens with one attached hydrogen (secondary N) is 2. The number of aryl methyl sites for hydroxylation is 1. The number of fused-ring (bicyclic) bond motifs is 1. The van der Waals surface area contributed by atoms with E-state index < -0.39 is 32.1 Å². The number of amides is 2. The Morgan fingerprint density at radius 3 is 2.35 bits per heavy atom. The molecule has 4 atom stereocenters. The minimum atomic E-state index is -3.85. The van der Waals surface area contributed by atoms with Gasteiger partial charge in [-0.25, -0.2) is 42.5 Å². The van der Waals surface area contributed by atoms with Crippen molar-refractivity contribution in [1.82, 2.24) is 59.6 Å². The predicted molar refractivity (Wildman–Crippen MR) is 319 cm³/mol.